The summed E-state index contributed by atoms with van der Waals surface area (Å²) in [6, 6.07) is 11.8. The van der Waals surface area contributed by atoms with Crippen LogP contribution >= 0.6 is 0 Å². The molecule has 3 aromatic rings. The molecule has 1 aromatic heterocycles. The molecule has 35 heavy (non-hydrogen) atoms. The maximum absolute atomic E-state index is 13.5. The van der Waals surface area contributed by atoms with Crippen molar-refractivity contribution in [2.45, 2.75) is 45.1 Å². The second-order valence-electron chi connectivity index (χ2n) is 8.43. The van der Waals surface area contributed by atoms with Gasteiger partial charge in [0.05, 0.1) is 21.7 Å². The van der Waals surface area contributed by atoms with Crippen LogP contribution in [0, 0.1) is 0 Å². The van der Waals surface area contributed by atoms with Gasteiger partial charge in [-0.1, -0.05) is 32.0 Å². The first kappa shape index (κ1) is 24.9. The van der Waals surface area contributed by atoms with Crippen LogP contribution in [0.15, 0.2) is 52.2 Å². The van der Waals surface area contributed by atoms with Crippen LogP contribution in [0.25, 0.3) is 10.8 Å². The smallest absolute Gasteiger partial charge is 0.276 e. The highest BCUT2D eigenvalue weighted by atomic mass is 32.2. The van der Waals surface area contributed by atoms with Gasteiger partial charge in [0, 0.05) is 38.1 Å². The molecule has 10 heteroatoms. The minimum Gasteiger partial charge on any atom is -0.370 e. The summed E-state index contributed by atoms with van der Waals surface area (Å²) in [4.78, 5) is 28.5. The Kier molecular flexibility index (Phi) is 7.23. The largest absolute Gasteiger partial charge is 0.370 e. The van der Waals surface area contributed by atoms with E-state index in [2.05, 4.69) is 15.3 Å². The Labute approximate surface area is 205 Å². The number of benzene rings is 2. The summed E-state index contributed by atoms with van der Waals surface area (Å²) in [5.74, 6) is -0.499. The van der Waals surface area contributed by atoms with Gasteiger partial charge in [-0.3, -0.25) is 9.59 Å². The van der Waals surface area contributed by atoms with Gasteiger partial charge >= 0.3 is 0 Å². The third kappa shape index (κ3) is 4.68. The van der Waals surface area contributed by atoms with Gasteiger partial charge in [0.1, 0.15) is 0 Å². The molecule has 1 aliphatic heterocycles. The normalized spacial score (nSPS) is 14.1. The van der Waals surface area contributed by atoms with E-state index in [4.69, 9.17) is 0 Å². The average molecular weight is 498 g/mol. The highest BCUT2D eigenvalue weighted by molar-refractivity contribution is 7.89. The number of nitrogens with one attached hydrogen (secondary N) is 1. The number of fused-ring (bicyclic) bond motifs is 1. The van der Waals surface area contributed by atoms with Gasteiger partial charge in [-0.15, -0.1) is 0 Å². The van der Waals surface area contributed by atoms with Crippen LogP contribution in [-0.2, 0) is 16.6 Å². The van der Waals surface area contributed by atoms with E-state index in [1.165, 1.54) is 15.1 Å². The minimum absolute atomic E-state index is 0.117. The Morgan fingerprint density at radius 3 is 2.31 bits per heavy atom. The van der Waals surface area contributed by atoms with E-state index in [9.17, 15) is 18.0 Å². The van der Waals surface area contributed by atoms with Crippen molar-refractivity contribution < 1.29 is 13.2 Å². The molecule has 1 amide bonds. The summed E-state index contributed by atoms with van der Waals surface area (Å²) in [7, 11) is -3.71. The summed E-state index contributed by atoms with van der Waals surface area (Å²) in [6.07, 6.45) is 2.06. The van der Waals surface area contributed by atoms with Crippen LogP contribution in [0.2, 0.25) is 0 Å². The zero-order chi connectivity index (χ0) is 25.2. The van der Waals surface area contributed by atoms with Gasteiger partial charge < -0.3 is 10.2 Å². The van der Waals surface area contributed by atoms with Crippen LogP contribution in [0.4, 0.5) is 11.4 Å². The molecule has 2 aromatic carbocycles. The fraction of sp³-hybridized carbons (Fsp3) is 0.400. The zero-order valence-electron chi connectivity index (χ0n) is 20.3. The van der Waals surface area contributed by atoms with Crippen molar-refractivity contribution in [3.63, 3.8) is 0 Å². The van der Waals surface area contributed by atoms with Gasteiger partial charge in [-0.25, -0.2) is 13.1 Å². The number of aromatic nitrogens is 2. The number of hydrogen-bond donors (Lipinski definition) is 1. The van der Waals surface area contributed by atoms with Crippen molar-refractivity contribution in [1.29, 1.82) is 0 Å². The number of aryl methyl sites for hydroxylation is 1. The van der Waals surface area contributed by atoms with Crippen molar-refractivity contribution in [1.82, 2.24) is 14.1 Å². The van der Waals surface area contributed by atoms with E-state index in [1.807, 2.05) is 0 Å². The van der Waals surface area contributed by atoms with Crippen LogP contribution in [0.5, 0.6) is 0 Å². The van der Waals surface area contributed by atoms with Crippen molar-refractivity contribution >= 4 is 38.1 Å². The third-order valence-corrected chi connectivity index (χ3v) is 8.43. The number of carbonyl (C=O) groups is 1. The zero-order valence-corrected chi connectivity index (χ0v) is 21.1. The van der Waals surface area contributed by atoms with Gasteiger partial charge in [0.15, 0.2) is 5.69 Å². The molecule has 1 N–H and O–H groups in total. The van der Waals surface area contributed by atoms with Crippen LogP contribution in [0.1, 0.15) is 44.1 Å². The number of nitrogens with zero attached hydrogens (tertiary/aromatic N) is 4. The van der Waals surface area contributed by atoms with E-state index in [-0.39, 0.29) is 16.1 Å². The lowest BCUT2D eigenvalue weighted by Gasteiger charge is -2.24. The standard InChI is InChI=1S/C25H31N5O4S/c1-4-29(5-2)35(33,34)18-13-14-22(28-15-9-10-16-28)21(17-18)26-24(31)23-19-11-7-8-12-20(19)25(32)30(6-3)27-23/h7-8,11-14,17H,4-6,9-10,15-16H2,1-3H3,(H,26,31). The quantitative estimate of drug-likeness (QED) is 0.512. The molecule has 9 nitrogen and oxygen atoms in total. The lowest BCUT2D eigenvalue weighted by molar-refractivity contribution is 0.102. The monoisotopic (exact) mass is 497 g/mol. The number of sulfonamides is 1. The van der Waals surface area contributed by atoms with E-state index < -0.39 is 15.9 Å². The Balaban J connectivity index is 1.81. The molecular formula is C25H31N5O4S. The molecule has 0 spiro atoms. The van der Waals surface area contributed by atoms with Gasteiger partial charge in [0.2, 0.25) is 10.0 Å². The van der Waals surface area contributed by atoms with Gasteiger partial charge in [-0.2, -0.15) is 9.40 Å². The molecule has 186 valence electrons. The maximum Gasteiger partial charge on any atom is 0.276 e. The van der Waals surface area contributed by atoms with Crippen molar-refractivity contribution in [3.05, 3.63) is 58.5 Å². The lowest BCUT2D eigenvalue weighted by atomic mass is 10.1. The second-order valence-corrected chi connectivity index (χ2v) is 10.4. The second kappa shape index (κ2) is 10.2. The number of amides is 1. The molecule has 0 radical (unpaired) electrons. The number of hydrogen-bond acceptors (Lipinski definition) is 6. The third-order valence-electron chi connectivity index (χ3n) is 6.39. The number of anilines is 2. The molecule has 2 heterocycles. The first-order chi connectivity index (χ1) is 16.8. The topological polar surface area (TPSA) is 105 Å². The average Bonchev–Trinajstić information content (AvgIpc) is 3.40. The highest BCUT2D eigenvalue weighted by Gasteiger charge is 2.26. The predicted molar refractivity (Wildman–Crippen MR) is 138 cm³/mol. The SMILES string of the molecule is CCN(CC)S(=O)(=O)c1ccc(N2CCCC2)c(NC(=O)c2nn(CC)c(=O)c3ccccc23)c1. The molecule has 0 saturated carbocycles. The molecule has 1 fully saturated rings. The summed E-state index contributed by atoms with van der Waals surface area (Å²) in [6.45, 7) is 8.05. The Hall–Kier alpha value is -3.24. The molecule has 0 unspecified atom stereocenters. The first-order valence-electron chi connectivity index (χ1n) is 12.0. The number of carbonyl (C=O) groups excluding carboxylic acids is 1. The van der Waals surface area contributed by atoms with E-state index in [0.29, 0.717) is 36.1 Å². The molecule has 0 bridgehead atoms. The molecular weight excluding hydrogens is 466 g/mol. The van der Waals surface area contributed by atoms with Crippen molar-refractivity contribution in [3.8, 4) is 0 Å². The molecule has 1 saturated heterocycles. The van der Waals surface area contributed by atoms with Gasteiger partial charge in [-0.05, 0) is 44.0 Å². The van der Waals surface area contributed by atoms with Crippen LogP contribution in [-0.4, -0.2) is 54.6 Å². The molecule has 0 aliphatic carbocycles. The van der Waals surface area contributed by atoms with Crippen LogP contribution in [0.3, 0.4) is 0 Å². The summed E-state index contributed by atoms with van der Waals surface area (Å²) in [5, 5.41) is 8.10. The number of rotatable bonds is 8. The summed E-state index contributed by atoms with van der Waals surface area (Å²) >= 11 is 0. The van der Waals surface area contributed by atoms with E-state index in [0.717, 1.165) is 31.6 Å². The lowest BCUT2D eigenvalue weighted by Crippen LogP contribution is -2.31. The van der Waals surface area contributed by atoms with E-state index >= 15 is 0 Å². The first-order valence-corrected chi connectivity index (χ1v) is 13.5. The van der Waals surface area contributed by atoms with Gasteiger partial charge in [0.25, 0.3) is 11.5 Å². The van der Waals surface area contributed by atoms with Crippen molar-refractivity contribution in [2.24, 2.45) is 0 Å². The van der Waals surface area contributed by atoms with Crippen LogP contribution < -0.4 is 15.8 Å². The molecule has 1 aliphatic rings. The summed E-state index contributed by atoms with van der Waals surface area (Å²) < 4.78 is 29.0. The maximum atomic E-state index is 13.5. The Morgan fingerprint density at radius 2 is 1.69 bits per heavy atom. The van der Waals surface area contributed by atoms with E-state index in [1.54, 1.807) is 57.2 Å². The Bertz CT molecular complexity index is 1410. The highest BCUT2D eigenvalue weighted by Crippen LogP contribution is 2.33. The Morgan fingerprint density at radius 1 is 1.03 bits per heavy atom. The summed E-state index contributed by atoms with van der Waals surface area (Å²) in [5.41, 5.74) is 1.03. The molecule has 4 rings (SSSR count). The fourth-order valence-electron chi connectivity index (χ4n) is 4.52. The van der Waals surface area contributed by atoms with Crippen molar-refractivity contribution in [2.75, 3.05) is 36.4 Å². The minimum atomic E-state index is -3.71. The fourth-order valence-corrected chi connectivity index (χ4v) is 6.01. The predicted octanol–water partition coefficient (Wildman–Crippen LogP) is 3.30. The molecule has 0 atom stereocenters.